The van der Waals surface area contributed by atoms with E-state index in [1.54, 1.807) is 0 Å². The van der Waals surface area contributed by atoms with Crippen molar-refractivity contribution in [1.82, 2.24) is 9.55 Å². The molecule has 1 aromatic heterocycles. The fraction of sp³-hybridized carbons (Fsp3) is 0.667. The quantitative estimate of drug-likeness (QED) is 0.466. The zero-order chi connectivity index (χ0) is 15.6. The number of nitrogens with one attached hydrogen (secondary N) is 1. The Kier molecular flexibility index (Phi) is 4.91. The van der Waals surface area contributed by atoms with Crippen LogP contribution in [0.25, 0.3) is 0 Å². The Labute approximate surface area is 119 Å². The molecule has 1 aromatic rings. The van der Waals surface area contributed by atoms with Gasteiger partial charge < -0.3 is 24.8 Å². The number of rotatable bonds is 5. The smallest absolute Gasteiger partial charge is 0.328 e. The first-order valence-electron chi connectivity index (χ1n) is 6.44. The monoisotopic (exact) mass is 302 g/mol. The molecule has 9 heteroatoms. The topological polar surface area (TPSA) is 134 Å². The molecular weight excluding hydrogens is 284 g/mol. The van der Waals surface area contributed by atoms with Crippen LogP contribution in [0.4, 0.5) is 0 Å². The van der Waals surface area contributed by atoms with Gasteiger partial charge in [-0.3, -0.25) is 14.3 Å². The molecule has 2 rings (SSSR count). The summed E-state index contributed by atoms with van der Waals surface area (Å²) in [6.07, 6.45) is -3.50. The van der Waals surface area contributed by atoms with Gasteiger partial charge in [-0.2, -0.15) is 0 Å². The van der Waals surface area contributed by atoms with Crippen LogP contribution in [0.2, 0.25) is 0 Å². The van der Waals surface area contributed by atoms with E-state index < -0.39 is 42.3 Å². The molecule has 2 heterocycles. The van der Waals surface area contributed by atoms with Crippen LogP contribution < -0.4 is 11.2 Å². The molecule has 0 radical (unpaired) electrons. The average molecular weight is 302 g/mol. The summed E-state index contributed by atoms with van der Waals surface area (Å²) in [6.45, 7) is -0.00872. The number of aromatic nitrogens is 2. The molecule has 0 aliphatic carbocycles. The molecule has 1 aliphatic rings. The first-order valence-corrected chi connectivity index (χ1v) is 6.44. The third-order valence-electron chi connectivity index (χ3n) is 3.42. The molecular formula is C12H18N2O7. The second kappa shape index (κ2) is 6.50. The van der Waals surface area contributed by atoms with Crippen molar-refractivity contribution in [2.75, 3.05) is 20.3 Å². The maximum absolute atomic E-state index is 11.9. The van der Waals surface area contributed by atoms with Gasteiger partial charge in [-0.25, -0.2) is 4.79 Å². The molecule has 4 N–H and O–H groups in total. The molecule has 1 aliphatic heterocycles. The van der Waals surface area contributed by atoms with Crippen molar-refractivity contribution < 1.29 is 24.8 Å². The van der Waals surface area contributed by atoms with E-state index in [4.69, 9.17) is 14.6 Å². The molecule has 118 valence electrons. The lowest BCUT2D eigenvalue weighted by atomic mass is 10.0. The number of aliphatic hydroxyl groups is 3. The van der Waals surface area contributed by atoms with Crippen LogP contribution in [0.15, 0.2) is 15.8 Å². The molecule has 0 unspecified atom stereocenters. The lowest BCUT2D eigenvalue weighted by molar-refractivity contribution is -0.0233. The summed E-state index contributed by atoms with van der Waals surface area (Å²) in [5.41, 5.74) is -1.30. The molecule has 0 spiro atoms. The molecule has 21 heavy (non-hydrogen) atoms. The second-order valence-electron chi connectivity index (χ2n) is 4.79. The summed E-state index contributed by atoms with van der Waals surface area (Å²) >= 11 is 0. The summed E-state index contributed by atoms with van der Waals surface area (Å²) < 4.78 is 11.4. The summed E-state index contributed by atoms with van der Waals surface area (Å²) in [5.74, 6) is 0. The normalized spacial score (nSPS) is 29.0. The van der Waals surface area contributed by atoms with E-state index in [0.717, 1.165) is 0 Å². The van der Waals surface area contributed by atoms with Gasteiger partial charge in [0.05, 0.1) is 25.3 Å². The first-order chi connectivity index (χ1) is 9.99. The van der Waals surface area contributed by atoms with Gasteiger partial charge in [0, 0.05) is 13.3 Å². The van der Waals surface area contributed by atoms with Gasteiger partial charge >= 0.3 is 5.69 Å². The molecule has 0 aromatic carbocycles. The Morgan fingerprint density at radius 2 is 2.10 bits per heavy atom. The molecule has 0 bridgehead atoms. The zero-order valence-corrected chi connectivity index (χ0v) is 11.4. The van der Waals surface area contributed by atoms with E-state index in [1.807, 2.05) is 0 Å². The number of ether oxygens (including phenoxy) is 2. The van der Waals surface area contributed by atoms with Crippen molar-refractivity contribution in [3.8, 4) is 0 Å². The van der Waals surface area contributed by atoms with Gasteiger partial charge in [0.1, 0.15) is 24.4 Å². The van der Waals surface area contributed by atoms with Crippen molar-refractivity contribution in [1.29, 1.82) is 0 Å². The number of methoxy groups -OCH3 is 1. The Bertz CT molecular complexity index is 596. The van der Waals surface area contributed by atoms with Crippen molar-refractivity contribution in [3.63, 3.8) is 0 Å². The first kappa shape index (κ1) is 15.9. The van der Waals surface area contributed by atoms with E-state index in [-0.39, 0.29) is 18.7 Å². The van der Waals surface area contributed by atoms with Crippen LogP contribution in [0, 0.1) is 0 Å². The minimum absolute atomic E-state index is 0.00760. The van der Waals surface area contributed by atoms with Crippen molar-refractivity contribution in [2.45, 2.75) is 31.0 Å². The molecule has 0 amide bonds. The van der Waals surface area contributed by atoms with E-state index in [2.05, 4.69) is 4.98 Å². The van der Waals surface area contributed by atoms with Crippen LogP contribution in [0.1, 0.15) is 11.7 Å². The van der Waals surface area contributed by atoms with Gasteiger partial charge in [-0.1, -0.05) is 0 Å². The lowest BCUT2D eigenvalue weighted by Gasteiger charge is -2.15. The summed E-state index contributed by atoms with van der Waals surface area (Å²) in [5, 5.41) is 28.7. The summed E-state index contributed by atoms with van der Waals surface area (Å²) in [4.78, 5) is 25.6. The predicted molar refractivity (Wildman–Crippen MR) is 69.9 cm³/mol. The highest BCUT2D eigenvalue weighted by atomic mass is 16.6. The highest BCUT2D eigenvalue weighted by Gasteiger charge is 2.44. The third kappa shape index (κ3) is 3.06. The van der Waals surface area contributed by atoms with Gasteiger partial charge in [0.2, 0.25) is 0 Å². The molecule has 0 saturated carbocycles. The van der Waals surface area contributed by atoms with Crippen LogP contribution in [-0.4, -0.2) is 63.5 Å². The summed E-state index contributed by atoms with van der Waals surface area (Å²) in [6, 6.07) is 0. The van der Waals surface area contributed by atoms with E-state index in [0.29, 0.717) is 0 Å². The minimum atomic E-state index is -1.36. The standard InChI is InChI=1S/C12H18N2O7/c1-20-3-2-14-4-6(11(18)13-12(14)19)10-9(17)8(16)7(5-15)21-10/h4,7-10,15-17H,2-3,5H2,1H3,(H,13,18,19)/t7-,8-,9-,10+/m1/s1. The number of aliphatic hydroxyl groups excluding tert-OH is 3. The van der Waals surface area contributed by atoms with Gasteiger partial charge in [-0.15, -0.1) is 0 Å². The van der Waals surface area contributed by atoms with Gasteiger partial charge in [0.15, 0.2) is 0 Å². The Morgan fingerprint density at radius 1 is 1.38 bits per heavy atom. The number of hydrogen-bond acceptors (Lipinski definition) is 7. The fourth-order valence-electron chi connectivity index (χ4n) is 2.24. The van der Waals surface area contributed by atoms with E-state index >= 15 is 0 Å². The maximum Gasteiger partial charge on any atom is 0.328 e. The van der Waals surface area contributed by atoms with Crippen LogP contribution in [0.5, 0.6) is 0 Å². The van der Waals surface area contributed by atoms with Crippen LogP contribution in [-0.2, 0) is 16.0 Å². The SMILES string of the molecule is COCCn1cc([C@@H]2O[C@H](CO)[C@@H](O)[C@H]2O)c(=O)[nH]c1=O. The van der Waals surface area contributed by atoms with Gasteiger partial charge in [0.25, 0.3) is 5.56 Å². The Hall–Kier alpha value is -1.52. The molecule has 1 saturated heterocycles. The fourth-order valence-corrected chi connectivity index (χ4v) is 2.24. The molecule has 4 atom stereocenters. The zero-order valence-electron chi connectivity index (χ0n) is 11.4. The van der Waals surface area contributed by atoms with E-state index in [9.17, 15) is 19.8 Å². The summed E-state index contributed by atoms with van der Waals surface area (Å²) in [7, 11) is 1.48. The van der Waals surface area contributed by atoms with Crippen LogP contribution in [0.3, 0.4) is 0 Å². The highest BCUT2D eigenvalue weighted by Crippen LogP contribution is 2.31. The third-order valence-corrected chi connectivity index (χ3v) is 3.42. The Balaban J connectivity index is 2.35. The van der Waals surface area contributed by atoms with Gasteiger partial charge in [-0.05, 0) is 0 Å². The largest absolute Gasteiger partial charge is 0.394 e. The number of hydrogen-bond donors (Lipinski definition) is 4. The number of nitrogens with zero attached hydrogens (tertiary/aromatic N) is 1. The van der Waals surface area contributed by atoms with E-state index in [1.165, 1.54) is 17.9 Å². The van der Waals surface area contributed by atoms with Crippen molar-refractivity contribution in [2.24, 2.45) is 0 Å². The predicted octanol–water partition coefficient (Wildman–Crippen LogP) is -2.66. The molecule has 1 fully saturated rings. The molecule has 9 nitrogen and oxygen atoms in total. The highest BCUT2D eigenvalue weighted by molar-refractivity contribution is 5.14. The van der Waals surface area contributed by atoms with Crippen LogP contribution >= 0.6 is 0 Å². The Morgan fingerprint density at radius 3 is 2.67 bits per heavy atom. The second-order valence-corrected chi connectivity index (χ2v) is 4.79. The number of aromatic amines is 1. The average Bonchev–Trinajstić information content (AvgIpc) is 2.74. The van der Waals surface area contributed by atoms with Crippen molar-refractivity contribution >= 4 is 0 Å². The lowest BCUT2D eigenvalue weighted by Crippen LogP contribution is -2.36. The maximum atomic E-state index is 11.9. The number of H-pyrrole nitrogens is 1. The minimum Gasteiger partial charge on any atom is -0.394 e. The van der Waals surface area contributed by atoms with Crippen molar-refractivity contribution in [3.05, 3.63) is 32.6 Å².